The summed E-state index contributed by atoms with van der Waals surface area (Å²) in [4.78, 5) is 12.6. The molecule has 1 unspecified atom stereocenters. The highest BCUT2D eigenvalue weighted by molar-refractivity contribution is 5.69. The number of carboxylic acids is 1. The lowest BCUT2D eigenvalue weighted by Crippen LogP contribution is -2.30. The molecule has 0 fully saturated rings. The topological polar surface area (TPSA) is 52.6 Å². The number of hydrogen-bond donors (Lipinski definition) is 2. The van der Waals surface area contributed by atoms with Gasteiger partial charge in [-0.2, -0.15) is 0 Å². The molecule has 0 saturated carbocycles. The second-order valence-corrected chi connectivity index (χ2v) is 3.46. The van der Waals surface area contributed by atoms with Crippen LogP contribution in [-0.4, -0.2) is 49.7 Å². The van der Waals surface area contributed by atoms with E-state index in [2.05, 4.69) is 10.2 Å². The van der Waals surface area contributed by atoms with E-state index in [1.807, 2.05) is 14.1 Å². The van der Waals surface area contributed by atoms with E-state index < -0.39 is 5.97 Å². The van der Waals surface area contributed by atoms with Crippen LogP contribution in [0.2, 0.25) is 0 Å². The van der Waals surface area contributed by atoms with Crippen LogP contribution in [0.1, 0.15) is 13.3 Å². The van der Waals surface area contributed by atoms with Crippen LogP contribution >= 0.6 is 0 Å². The molecule has 13 heavy (non-hydrogen) atoms. The first kappa shape index (κ1) is 12.4. The van der Waals surface area contributed by atoms with E-state index in [0.717, 1.165) is 19.5 Å². The van der Waals surface area contributed by atoms with Gasteiger partial charge in [0.1, 0.15) is 0 Å². The third kappa shape index (κ3) is 6.54. The summed E-state index contributed by atoms with van der Waals surface area (Å²) in [5.74, 6) is -1.000. The number of rotatable bonds is 7. The molecule has 0 heterocycles. The zero-order valence-corrected chi connectivity index (χ0v) is 8.71. The summed E-state index contributed by atoms with van der Waals surface area (Å²) in [6, 6.07) is 0. The SMILES string of the molecule is CNCCCN(C)CC(C)C(=O)O. The molecule has 78 valence electrons. The van der Waals surface area contributed by atoms with Crippen molar-refractivity contribution in [3.8, 4) is 0 Å². The summed E-state index contributed by atoms with van der Waals surface area (Å²) in [6.45, 7) is 4.28. The quantitative estimate of drug-likeness (QED) is 0.562. The number of nitrogens with zero attached hydrogens (tertiary/aromatic N) is 1. The largest absolute Gasteiger partial charge is 0.481 e. The van der Waals surface area contributed by atoms with Gasteiger partial charge in [0.2, 0.25) is 0 Å². The van der Waals surface area contributed by atoms with Crippen LogP contribution in [-0.2, 0) is 4.79 Å². The predicted molar refractivity (Wildman–Crippen MR) is 52.8 cm³/mol. The summed E-state index contributed by atoms with van der Waals surface area (Å²) >= 11 is 0. The van der Waals surface area contributed by atoms with Crippen molar-refractivity contribution in [1.29, 1.82) is 0 Å². The average Bonchev–Trinajstić information content (AvgIpc) is 2.04. The summed E-state index contributed by atoms with van der Waals surface area (Å²) in [7, 11) is 3.87. The van der Waals surface area contributed by atoms with Crippen LogP contribution in [0.5, 0.6) is 0 Å². The van der Waals surface area contributed by atoms with Gasteiger partial charge >= 0.3 is 5.97 Å². The molecular weight excluding hydrogens is 168 g/mol. The number of aliphatic carboxylic acids is 1. The molecule has 0 aromatic heterocycles. The molecule has 0 amide bonds. The molecule has 0 rings (SSSR count). The number of hydrogen-bond acceptors (Lipinski definition) is 3. The first-order valence-corrected chi connectivity index (χ1v) is 4.64. The van der Waals surface area contributed by atoms with E-state index in [-0.39, 0.29) is 5.92 Å². The standard InChI is InChI=1S/C9H20N2O2/c1-8(9(12)13)7-11(3)6-4-5-10-2/h8,10H,4-7H2,1-3H3,(H,12,13). The molecule has 1 atom stereocenters. The van der Waals surface area contributed by atoms with Gasteiger partial charge in [-0.15, -0.1) is 0 Å². The first-order chi connectivity index (χ1) is 6.07. The lowest BCUT2D eigenvalue weighted by Gasteiger charge is -2.18. The highest BCUT2D eigenvalue weighted by atomic mass is 16.4. The Kier molecular flexibility index (Phi) is 6.54. The summed E-state index contributed by atoms with van der Waals surface area (Å²) < 4.78 is 0. The molecule has 4 heteroatoms. The van der Waals surface area contributed by atoms with Crippen LogP contribution in [0.4, 0.5) is 0 Å². The lowest BCUT2D eigenvalue weighted by atomic mass is 10.2. The number of nitrogens with one attached hydrogen (secondary N) is 1. The second kappa shape index (κ2) is 6.86. The highest BCUT2D eigenvalue weighted by Crippen LogP contribution is 1.98. The zero-order chi connectivity index (χ0) is 10.3. The van der Waals surface area contributed by atoms with Gasteiger partial charge in [-0.05, 0) is 33.6 Å². The van der Waals surface area contributed by atoms with Crippen molar-refractivity contribution in [2.45, 2.75) is 13.3 Å². The minimum atomic E-state index is -0.722. The Hall–Kier alpha value is -0.610. The van der Waals surface area contributed by atoms with Gasteiger partial charge in [0.05, 0.1) is 5.92 Å². The Labute approximate surface area is 79.9 Å². The molecule has 0 spiro atoms. The summed E-state index contributed by atoms with van der Waals surface area (Å²) in [6.07, 6.45) is 1.05. The molecule has 0 radical (unpaired) electrons. The van der Waals surface area contributed by atoms with E-state index in [1.54, 1.807) is 6.92 Å². The average molecular weight is 188 g/mol. The van der Waals surface area contributed by atoms with Crippen LogP contribution in [0.3, 0.4) is 0 Å². The predicted octanol–water partition coefficient (Wildman–Crippen LogP) is 0.248. The minimum absolute atomic E-state index is 0.278. The van der Waals surface area contributed by atoms with Crippen molar-refractivity contribution in [3.63, 3.8) is 0 Å². The molecule has 4 nitrogen and oxygen atoms in total. The zero-order valence-electron chi connectivity index (χ0n) is 8.71. The van der Waals surface area contributed by atoms with Gasteiger partial charge in [-0.3, -0.25) is 4.79 Å². The Morgan fingerprint density at radius 1 is 1.62 bits per heavy atom. The molecule has 0 aliphatic rings. The molecule has 0 saturated heterocycles. The van der Waals surface area contributed by atoms with Gasteiger partial charge in [0.25, 0.3) is 0 Å². The van der Waals surface area contributed by atoms with Crippen LogP contribution in [0.15, 0.2) is 0 Å². The van der Waals surface area contributed by atoms with E-state index in [9.17, 15) is 4.79 Å². The van der Waals surface area contributed by atoms with E-state index in [4.69, 9.17) is 5.11 Å². The first-order valence-electron chi connectivity index (χ1n) is 4.64. The Morgan fingerprint density at radius 3 is 2.69 bits per heavy atom. The van der Waals surface area contributed by atoms with Crippen LogP contribution < -0.4 is 5.32 Å². The molecule has 0 aromatic carbocycles. The maximum atomic E-state index is 10.5. The second-order valence-electron chi connectivity index (χ2n) is 3.46. The van der Waals surface area contributed by atoms with E-state index in [0.29, 0.717) is 6.54 Å². The lowest BCUT2D eigenvalue weighted by molar-refractivity contribution is -0.141. The molecular formula is C9H20N2O2. The van der Waals surface area contributed by atoms with Crippen molar-refractivity contribution in [2.75, 3.05) is 33.7 Å². The monoisotopic (exact) mass is 188 g/mol. The third-order valence-corrected chi connectivity index (χ3v) is 1.97. The fraction of sp³-hybridized carbons (Fsp3) is 0.889. The van der Waals surface area contributed by atoms with Crippen molar-refractivity contribution in [3.05, 3.63) is 0 Å². The fourth-order valence-electron chi connectivity index (χ4n) is 1.16. The van der Waals surface area contributed by atoms with Crippen molar-refractivity contribution in [1.82, 2.24) is 10.2 Å². The molecule has 0 aliphatic heterocycles. The Bertz CT molecular complexity index is 151. The van der Waals surface area contributed by atoms with Crippen LogP contribution in [0, 0.1) is 5.92 Å². The van der Waals surface area contributed by atoms with Crippen molar-refractivity contribution >= 4 is 5.97 Å². The Balaban J connectivity index is 3.49. The van der Waals surface area contributed by atoms with E-state index in [1.165, 1.54) is 0 Å². The third-order valence-electron chi connectivity index (χ3n) is 1.97. The van der Waals surface area contributed by atoms with Gasteiger partial charge < -0.3 is 15.3 Å². The number of carbonyl (C=O) groups is 1. The highest BCUT2D eigenvalue weighted by Gasteiger charge is 2.12. The van der Waals surface area contributed by atoms with Gasteiger partial charge in [-0.25, -0.2) is 0 Å². The molecule has 0 aliphatic carbocycles. The fourth-order valence-corrected chi connectivity index (χ4v) is 1.16. The van der Waals surface area contributed by atoms with Crippen molar-refractivity contribution < 1.29 is 9.90 Å². The molecule has 0 bridgehead atoms. The van der Waals surface area contributed by atoms with Gasteiger partial charge in [0.15, 0.2) is 0 Å². The maximum Gasteiger partial charge on any atom is 0.307 e. The summed E-state index contributed by atoms with van der Waals surface area (Å²) in [5, 5.41) is 11.7. The molecule has 2 N–H and O–H groups in total. The van der Waals surface area contributed by atoms with Gasteiger partial charge in [0, 0.05) is 6.54 Å². The smallest absolute Gasteiger partial charge is 0.307 e. The van der Waals surface area contributed by atoms with E-state index >= 15 is 0 Å². The Morgan fingerprint density at radius 2 is 2.23 bits per heavy atom. The molecule has 0 aromatic rings. The van der Waals surface area contributed by atoms with Crippen LogP contribution in [0.25, 0.3) is 0 Å². The maximum absolute atomic E-state index is 10.5. The number of carboxylic acid groups (broad SMARTS) is 1. The summed E-state index contributed by atoms with van der Waals surface area (Å²) in [5.41, 5.74) is 0. The minimum Gasteiger partial charge on any atom is -0.481 e. The van der Waals surface area contributed by atoms with Gasteiger partial charge in [-0.1, -0.05) is 6.92 Å². The normalized spacial score (nSPS) is 13.2. The van der Waals surface area contributed by atoms with Crippen molar-refractivity contribution in [2.24, 2.45) is 5.92 Å².